The third-order valence-electron chi connectivity index (χ3n) is 11.1. The van der Waals surface area contributed by atoms with Crippen molar-refractivity contribution in [1.82, 2.24) is 0 Å². The molecule has 11 aromatic rings. The van der Waals surface area contributed by atoms with Gasteiger partial charge in [0.25, 0.3) is 0 Å². The van der Waals surface area contributed by atoms with Gasteiger partial charge in [-0.05, 0) is 102 Å². The highest BCUT2D eigenvalue weighted by Gasteiger charge is 2.27. The second kappa shape index (κ2) is 13.5. The average Bonchev–Trinajstić information content (AvgIpc) is 3.84. The van der Waals surface area contributed by atoms with Crippen LogP contribution in [-0.4, -0.2) is 0 Å². The highest BCUT2D eigenvalue weighted by molar-refractivity contribution is 7.99. The molecule has 9 aromatic carbocycles. The summed E-state index contributed by atoms with van der Waals surface area (Å²) in [7, 11) is 0. The third-order valence-corrected chi connectivity index (χ3v) is 14.5. The van der Waals surface area contributed by atoms with Gasteiger partial charge < -0.3 is 14.5 Å². The lowest BCUT2D eigenvalue weighted by Gasteiger charge is -2.31. The molecule has 0 amide bonds. The number of para-hydroxylation sites is 1. The van der Waals surface area contributed by atoms with Gasteiger partial charge in [-0.2, -0.15) is 0 Å². The molecule has 1 aliphatic rings. The van der Waals surface area contributed by atoms with E-state index in [0.29, 0.717) is 0 Å². The fourth-order valence-electron chi connectivity index (χ4n) is 8.37. The number of benzene rings is 9. The molecule has 0 spiro atoms. The molecule has 1 aliphatic heterocycles. The number of nitrogens with zero attached hydrogens (tertiary/aromatic N) is 2. The van der Waals surface area contributed by atoms with Crippen molar-refractivity contribution in [3.63, 3.8) is 0 Å². The summed E-state index contributed by atoms with van der Waals surface area (Å²) in [4.78, 5) is 6.89. The quantitative estimate of drug-likeness (QED) is 0.166. The van der Waals surface area contributed by atoms with E-state index in [1.165, 1.54) is 51.1 Å². The average molecular weight is 797 g/mol. The van der Waals surface area contributed by atoms with E-state index in [9.17, 15) is 0 Å². The Balaban J connectivity index is 0.979. The minimum Gasteiger partial charge on any atom is -0.455 e. The van der Waals surface area contributed by atoms with Gasteiger partial charge in [0.2, 0.25) is 0 Å². The molecule has 58 heavy (non-hydrogen) atoms. The first-order valence-corrected chi connectivity index (χ1v) is 21.8. The smallest absolute Gasteiger partial charge is 0.143 e. The molecule has 0 N–H and O–H groups in total. The number of hydrogen-bond donors (Lipinski definition) is 0. The molecule has 12 rings (SSSR count). The molecular weight excluding hydrogens is 765 g/mol. The van der Waals surface area contributed by atoms with Crippen molar-refractivity contribution in [1.29, 1.82) is 0 Å². The van der Waals surface area contributed by atoms with Crippen LogP contribution in [0.5, 0.6) is 11.5 Å². The van der Waals surface area contributed by atoms with E-state index in [-0.39, 0.29) is 0 Å². The molecule has 3 heterocycles. The van der Waals surface area contributed by atoms with Gasteiger partial charge in [-0.3, -0.25) is 0 Å². The van der Waals surface area contributed by atoms with Crippen molar-refractivity contribution in [2.45, 2.75) is 9.79 Å². The lowest BCUT2D eigenvalue weighted by atomic mass is 10.1. The first-order chi connectivity index (χ1) is 28.7. The third kappa shape index (κ3) is 5.56. The Bertz CT molecular complexity index is 3390. The predicted octanol–water partition coefficient (Wildman–Crippen LogP) is 16.8. The van der Waals surface area contributed by atoms with Gasteiger partial charge in [0, 0.05) is 74.8 Å². The molecule has 274 valence electrons. The van der Waals surface area contributed by atoms with Crippen molar-refractivity contribution in [3.8, 4) is 11.5 Å². The van der Waals surface area contributed by atoms with Gasteiger partial charge in [-0.25, -0.2) is 0 Å². The van der Waals surface area contributed by atoms with Gasteiger partial charge in [-0.15, -0.1) is 22.7 Å². The molecular formula is C52H32N2OS3. The summed E-state index contributed by atoms with van der Waals surface area (Å²) in [5, 5.41) is 7.57. The van der Waals surface area contributed by atoms with Gasteiger partial charge in [0.05, 0.1) is 15.5 Å². The molecule has 0 fully saturated rings. The maximum absolute atomic E-state index is 6.93. The normalized spacial score (nSPS) is 12.2. The van der Waals surface area contributed by atoms with Crippen LogP contribution in [0.3, 0.4) is 0 Å². The number of rotatable bonds is 6. The fraction of sp³-hybridized carbons (Fsp3) is 0. The lowest BCUT2D eigenvalue weighted by Crippen LogP contribution is -2.12. The first kappa shape index (κ1) is 33.6. The van der Waals surface area contributed by atoms with Crippen LogP contribution in [-0.2, 0) is 0 Å². The molecule has 0 bridgehead atoms. The van der Waals surface area contributed by atoms with Crippen LogP contribution in [0.4, 0.5) is 34.1 Å². The van der Waals surface area contributed by atoms with Crippen LogP contribution >= 0.6 is 34.4 Å². The maximum Gasteiger partial charge on any atom is 0.143 e. The molecule has 6 heteroatoms. The SMILES string of the molecule is c1ccc(N(c2ccc3ccccc3c2)c2cccc3c2Sc2ccc(N(c4ccc5c(c4)sc4ccccc45)c4ccc5sc6ccccc6c5c4)cc2O3)cc1. The Kier molecular flexibility index (Phi) is 7.83. The van der Waals surface area contributed by atoms with Gasteiger partial charge in [0.1, 0.15) is 11.5 Å². The van der Waals surface area contributed by atoms with Gasteiger partial charge >= 0.3 is 0 Å². The van der Waals surface area contributed by atoms with Crippen molar-refractivity contribution >= 4 is 120 Å². The minimum absolute atomic E-state index is 0.846. The highest BCUT2D eigenvalue weighted by atomic mass is 32.2. The van der Waals surface area contributed by atoms with Gasteiger partial charge in [-0.1, -0.05) is 109 Å². The summed E-state index contributed by atoms with van der Waals surface area (Å²) in [6.07, 6.45) is 0. The standard InChI is InChI=1S/C52H32N2OS3/c1-2-13-35(14-3-1)54(36-22-21-33-11-4-5-12-34(33)29-36)44-17-10-18-45-52(44)58-50-28-25-38(31-46(50)55-45)53(37-24-27-49-43(30-37)41-16-7-9-20-48(41)56-49)39-23-26-42-40-15-6-8-19-47(40)57-51(42)32-39/h1-32H. The first-order valence-electron chi connectivity index (χ1n) is 19.3. The predicted molar refractivity (Wildman–Crippen MR) is 250 cm³/mol. The van der Waals surface area contributed by atoms with Crippen LogP contribution in [0.1, 0.15) is 0 Å². The lowest BCUT2D eigenvalue weighted by molar-refractivity contribution is 0.455. The Labute approximate surface area is 347 Å². The van der Waals surface area contributed by atoms with Crippen LogP contribution in [0, 0.1) is 0 Å². The van der Waals surface area contributed by atoms with Crippen molar-refractivity contribution in [2.75, 3.05) is 9.80 Å². The summed E-state index contributed by atoms with van der Waals surface area (Å²) in [6, 6.07) is 70.1. The minimum atomic E-state index is 0.846. The number of hydrogen-bond acceptors (Lipinski definition) is 6. The Hall–Kier alpha value is -6.57. The molecule has 0 radical (unpaired) electrons. The monoisotopic (exact) mass is 796 g/mol. The van der Waals surface area contributed by atoms with Crippen LogP contribution in [0.15, 0.2) is 204 Å². The number of thiophene rings is 2. The molecule has 0 atom stereocenters. The van der Waals surface area contributed by atoms with Crippen LogP contribution < -0.4 is 14.5 Å². The zero-order valence-corrected chi connectivity index (χ0v) is 33.5. The van der Waals surface area contributed by atoms with Crippen LogP contribution in [0.25, 0.3) is 51.1 Å². The van der Waals surface area contributed by atoms with Crippen molar-refractivity contribution < 1.29 is 4.74 Å². The largest absolute Gasteiger partial charge is 0.455 e. The van der Waals surface area contributed by atoms with Gasteiger partial charge in [0.15, 0.2) is 0 Å². The number of fused-ring (bicyclic) bond motifs is 9. The van der Waals surface area contributed by atoms with E-state index < -0.39 is 0 Å². The molecule has 2 aromatic heterocycles. The summed E-state index contributed by atoms with van der Waals surface area (Å²) < 4.78 is 12.1. The topological polar surface area (TPSA) is 15.7 Å². The Morgan fingerprint density at radius 2 is 0.966 bits per heavy atom. The second-order valence-corrected chi connectivity index (χ2v) is 17.8. The zero-order valence-electron chi connectivity index (χ0n) is 31.0. The maximum atomic E-state index is 6.93. The summed E-state index contributed by atoms with van der Waals surface area (Å²) in [6.45, 7) is 0. The molecule has 0 saturated heterocycles. The van der Waals surface area contributed by atoms with E-state index in [2.05, 4.69) is 204 Å². The van der Waals surface area contributed by atoms with Crippen molar-refractivity contribution in [2.24, 2.45) is 0 Å². The zero-order chi connectivity index (χ0) is 38.2. The Morgan fingerprint density at radius 1 is 0.345 bits per heavy atom. The summed E-state index contributed by atoms with van der Waals surface area (Å²) >= 11 is 5.46. The van der Waals surface area contributed by atoms with E-state index >= 15 is 0 Å². The summed E-state index contributed by atoms with van der Waals surface area (Å²) in [5.41, 5.74) is 6.53. The molecule has 3 nitrogen and oxygen atoms in total. The molecule has 0 unspecified atom stereocenters. The van der Waals surface area contributed by atoms with Crippen molar-refractivity contribution in [3.05, 3.63) is 194 Å². The summed E-state index contributed by atoms with van der Waals surface area (Å²) in [5.74, 6) is 1.69. The molecule has 0 saturated carbocycles. The molecule has 0 aliphatic carbocycles. The van der Waals surface area contributed by atoms with E-state index in [1.807, 2.05) is 22.7 Å². The van der Waals surface area contributed by atoms with Crippen LogP contribution in [0.2, 0.25) is 0 Å². The van der Waals surface area contributed by atoms with E-state index in [0.717, 1.165) is 55.4 Å². The van der Waals surface area contributed by atoms with E-state index in [4.69, 9.17) is 4.74 Å². The number of ether oxygens (including phenoxy) is 1. The highest BCUT2D eigenvalue weighted by Crippen LogP contribution is 2.55. The number of anilines is 6. The second-order valence-electron chi connectivity index (χ2n) is 14.5. The fourth-order valence-corrected chi connectivity index (χ4v) is 11.6. The Morgan fingerprint density at radius 3 is 1.83 bits per heavy atom. The van der Waals surface area contributed by atoms with E-state index in [1.54, 1.807) is 11.8 Å².